The van der Waals surface area contributed by atoms with Crippen LogP contribution in [0.5, 0.6) is 5.75 Å². The number of hydrogen-bond acceptors (Lipinski definition) is 5. The molecule has 0 aliphatic carbocycles. The molecule has 10 heteroatoms. The Morgan fingerprint density at radius 3 is 2.15 bits per heavy atom. The monoisotopic (exact) mass is 695 g/mol. The summed E-state index contributed by atoms with van der Waals surface area (Å²) < 4.78 is 5.88. The van der Waals surface area contributed by atoms with Gasteiger partial charge in [0.2, 0.25) is 5.91 Å². The Morgan fingerprint density at radius 1 is 0.792 bits per heavy atom. The molecule has 0 radical (unpaired) electrons. The maximum absolute atomic E-state index is 13.5. The quantitative estimate of drug-likeness (QED) is 0.0894. The molecule has 48 heavy (non-hydrogen) atoms. The summed E-state index contributed by atoms with van der Waals surface area (Å²) in [6, 6.07) is 37.7. The molecule has 0 fully saturated rings. The predicted molar refractivity (Wildman–Crippen MR) is 195 cm³/mol. The molecule has 7 nitrogen and oxygen atoms in total. The molecule has 3 N–H and O–H groups in total. The summed E-state index contributed by atoms with van der Waals surface area (Å²) in [4.78, 5) is 40.1. The molecule has 1 atom stereocenters. The molecule has 0 aliphatic heterocycles. The summed E-state index contributed by atoms with van der Waals surface area (Å²) in [7, 11) is 0. The Kier molecular flexibility index (Phi) is 11.9. The standard InChI is InChI=1S/C38H31Cl2N3O4S/c1-25(36(44)42-34-23-29(39)14-21-33(34)40)48-32-19-15-30(16-20-32)41-38(46)35(43-37(45)28-10-6-3-7-11-28)22-26-12-17-31(18-13-26)47-24-27-8-4-2-5-9-27/h2-23,25H,24H2,1H3,(H,41,46)(H,42,44)(H,43,45)/b35-22-. The molecule has 1 unspecified atom stereocenters. The van der Waals surface area contributed by atoms with E-state index in [9.17, 15) is 14.4 Å². The van der Waals surface area contributed by atoms with Crippen molar-refractivity contribution in [2.75, 3.05) is 10.6 Å². The van der Waals surface area contributed by atoms with E-state index in [-0.39, 0.29) is 11.6 Å². The van der Waals surface area contributed by atoms with Crippen LogP contribution in [0, 0.1) is 0 Å². The second-order valence-corrected chi connectivity index (χ2v) is 12.8. The second-order valence-electron chi connectivity index (χ2n) is 10.6. The number of amides is 3. The van der Waals surface area contributed by atoms with E-state index < -0.39 is 17.1 Å². The molecular weight excluding hydrogens is 665 g/mol. The fourth-order valence-corrected chi connectivity index (χ4v) is 5.62. The first-order valence-corrected chi connectivity index (χ1v) is 16.6. The van der Waals surface area contributed by atoms with Gasteiger partial charge in [0.15, 0.2) is 0 Å². The topological polar surface area (TPSA) is 96.5 Å². The van der Waals surface area contributed by atoms with Crippen LogP contribution in [-0.4, -0.2) is 23.0 Å². The van der Waals surface area contributed by atoms with E-state index in [1.54, 1.807) is 79.7 Å². The fourth-order valence-electron chi connectivity index (χ4n) is 4.41. The van der Waals surface area contributed by atoms with Crippen LogP contribution in [0.1, 0.15) is 28.4 Å². The highest BCUT2D eigenvalue weighted by atomic mass is 35.5. The van der Waals surface area contributed by atoms with Crippen LogP contribution in [0.4, 0.5) is 11.4 Å². The van der Waals surface area contributed by atoms with Crippen molar-refractivity contribution in [2.24, 2.45) is 0 Å². The van der Waals surface area contributed by atoms with Crippen LogP contribution in [0.2, 0.25) is 10.0 Å². The lowest BCUT2D eigenvalue weighted by atomic mass is 10.1. The third-order valence-corrected chi connectivity index (χ3v) is 8.63. The minimum Gasteiger partial charge on any atom is -0.489 e. The van der Waals surface area contributed by atoms with Crippen LogP contribution in [-0.2, 0) is 16.2 Å². The lowest BCUT2D eigenvalue weighted by Gasteiger charge is -2.14. The molecule has 5 aromatic rings. The van der Waals surface area contributed by atoms with Crippen LogP contribution in [0.15, 0.2) is 138 Å². The van der Waals surface area contributed by atoms with E-state index in [1.807, 2.05) is 60.7 Å². The van der Waals surface area contributed by atoms with Crippen molar-refractivity contribution in [3.63, 3.8) is 0 Å². The van der Waals surface area contributed by atoms with Gasteiger partial charge in [0.05, 0.1) is 16.0 Å². The van der Waals surface area contributed by atoms with Gasteiger partial charge in [0, 0.05) is 21.2 Å². The third kappa shape index (κ3) is 9.99. The van der Waals surface area contributed by atoms with Crippen molar-refractivity contribution >= 4 is 70.1 Å². The van der Waals surface area contributed by atoms with Crippen molar-refractivity contribution in [3.8, 4) is 5.75 Å². The molecule has 0 saturated heterocycles. The average molecular weight is 697 g/mol. The number of thioether (sulfide) groups is 1. The van der Waals surface area contributed by atoms with Crippen molar-refractivity contribution in [1.29, 1.82) is 0 Å². The van der Waals surface area contributed by atoms with Gasteiger partial charge in [-0.2, -0.15) is 0 Å². The number of anilines is 2. The summed E-state index contributed by atoms with van der Waals surface area (Å²) in [5.41, 5.74) is 3.17. The van der Waals surface area contributed by atoms with Crippen LogP contribution in [0.3, 0.4) is 0 Å². The zero-order valence-electron chi connectivity index (χ0n) is 25.8. The SMILES string of the molecule is CC(Sc1ccc(NC(=O)/C(=C/c2ccc(OCc3ccccc3)cc2)NC(=O)c2ccccc2)cc1)C(=O)Nc1cc(Cl)ccc1Cl. The molecule has 5 rings (SSSR count). The number of halogens is 2. The maximum Gasteiger partial charge on any atom is 0.272 e. The minimum atomic E-state index is -0.504. The summed E-state index contributed by atoms with van der Waals surface area (Å²) in [5.74, 6) is -0.484. The number of carbonyl (C=O) groups excluding carboxylic acids is 3. The lowest BCUT2D eigenvalue weighted by Crippen LogP contribution is -2.30. The number of ether oxygens (including phenoxy) is 1. The van der Waals surface area contributed by atoms with E-state index in [1.165, 1.54) is 11.8 Å². The molecular formula is C38H31Cl2N3O4S. The Bertz CT molecular complexity index is 1900. The molecule has 5 aromatic carbocycles. The van der Waals surface area contributed by atoms with E-state index in [0.29, 0.717) is 44.9 Å². The highest BCUT2D eigenvalue weighted by molar-refractivity contribution is 8.00. The van der Waals surface area contributed by atoms with Gasteiger partial charge in [-0.1, -0.05) is 83.9 Å². The molecule has 0 heterocycles. The van der Waals surface area contributed by atoms with Gasteiger partial charge >= 0.3 is 0 Å². The Hall–Kier alpha value is -5.02. The first-order valence-electron chi connectivity index (χ1n) is 14.9. The zero-order valence-corrected chi connectivity index (χ0v) is 28.1. The Labute approximate surface area is 293 Å². The van der Waals surface area contributed by atoms with Gasteiger partial charge in [0.25, 0.3) is 11.8 Å². The van der Waals surface area contributed by atoms with Crippen LogP contribution < -0.4 is 20.7 Å². The van der Waals surface area contributed by atoms with Gasteiger partial charge in [-0.3, -0.25) is 14.4 Å². The van der Waals surface area contributed by atoms with Gasteiger partial charge in [-0.05, 0) is 90.9 Å². The van der Waals surface area contributed by atoms with Crippen molar-refractivity contribution < 1.29 is 19.1 Å². The normalized spacial score (nSPS) is 11.7. The van der Waals surface area contributed by atoms with Crippen molar-refractivity contribution in [2.45, 2.75) is 23.7 Å². The number of hydrogen-bond donors (Lipinski definition) is 3. The molecule has 0 aromatic heterocycles. The van der Waals surface area contributed by atoms with Crippen LogP contribution >= 0.6 is 35.0 Å². The minimum absolute atomic E-state index is 0.0604. The second kappa shape index (κ2) is 16.7. The molecule has 0 aliphatic rings. The van der Waals surface area contributed by atoms with E-state index >= 15 is 0 Å². The summed E-state index contributed by atoms with van der Waals surface area (Å²) in [5, 5.41) is 8.82. The zero-order chi connectivity index (χ0) is 33.9. The number of carbonyl (C=O) groups is 3. The number of benzene rings is 5. The molecule has 0 saturated carbocycles. The molecule has 242 valence electrons. The molecule has 0 bridgehead atoms. The molecule has 3 amide bonds. The first-order chi connectivity index (χ1) is 23.2. The summed E-state index contributed by atoms with van der Waals surface area (Å²) in [6.45, 7) is 2.21. The van der Waals surface area contributed by atoms with Gasteiger partial charge in [-0.25, -0.2) is 0 Å². The third-order valence-electron chi connectivity index (χ3n) is 6.95. The predicted octanol–water partition coefficient (Wildman–Crippen LogP) is 9.10. The van der Waals surface area contributed by atoms with Crippen LogP contribution in [0.25, 0.3) is 6.08 Å². The maximum atomic E-state index is 13.5. The van der Waals surface area contributed by atoms with E-state index in [2.05, 4.69) is 16.0 Å². The first kappa shape index (κ1) is 34.3. The summed E-state index contributed by atoms with van der Waals surface area (Å²) >= 11 is 13.6. The van der Waals surface area contributed by atoms with E-state index in [0.717, 1.165) is 10.5 Å². The molecule has 0 spiro atoms. The fraction of sp³-hybridized carbons (Fsp3) is 0.0789. The Morgan fingerprint density at radius 2 is 1.46 bits per heavy atom. The highest BCUT2D eigenvalue weighted by Gasteiger charge is 2.18. The van der Waals surface area contributed by atoms with Gasteiger partial charge < -0.3 is 20.7 Å². The number of rotatable bonds is 12. The van der Waals surface area contributed by atoms with Crippen molar-refractivity contribution in [1.82, 2.24) is 5.32 Å². The summed E-state index contributed by atoms with van der Waals surface area (Å²) in [6.07, 6.45) is 1.60. The number of nitrogens with one attached hydrogen (secondary N) is 3. The van der Waals surface area contributed by atoms with E-state index in [4.69, 9.17) is 27.9 Å². The smallest absolute Gasteiger partial charge is 0.272 e. The highest BCUT2D eigenvalue weighted by Crippen LogP contribution is 2.29. The lowest BCUT2D eigenvalue weighted by molar-refractivity contribution is -0.115. The Balaban J connectivity index is 1.25. The average Bonchev–Trinajstić information content (AvgIpc) is 3.10. The largest absolute Gasteiger partial charge is 0.489 e. The van der Waals surface area contributed by atoms with Gasteiger partial charge in [0.1, 0.15) is 18.1 Å². The van der Waals surface area contributed by atoms with Gasteiger partial charge in [-0.15, -0.1) is 11.8 Å². The van der Waals surface area contributed by atoms with Crippen molar-refractivity contribution in [3.05, 3.63) is 160 Å².